The van der Waals surface area contributed by atoms with Crippen molar-refractivity contribution in [2.45, 2.75) is 19.9 Å². The van der Waals surface area contributed by atoms with Gasteiger partial charge in [-0.2, -0.15) is 5.10 Å². The van der Waals surface area contributed by atoms with Gasteiger partial charge in [0.15, 0.2) is 5.96 Å². The van der Waals surface area contributed by atoms with Gasteiger partial charge in [-0.1, -0.05) is 6.92 Å². The number of nitrogens with one attached hydrogen (secondary N) is 1. The maximum absolute atomic E-state index is 12.5. The number of carbonyl (C=O) groups excluding carboxylic acids is 1. The lowest BCUT2D eigenvalue weighted by molar-refractivity contribution is -0.120. The third-order valence-corrected chi connectivity index (χ3v) is 5.11. The van der Waals surface area contributed by atoms with Crippen molar-refractivity contribution in [2.24, 2.45) is 12.0 Å². The number of amides is 1. The molecule has 0 spiro atoms. The molecule has 3 rings (SSSR count). The maximum Gasteiger partial charge on any atom is 0.246 e. The highest BCUT2D eigenvalue weighted by Gasteiger charge is 2.27. The van der Waals surface area contributed by atoms with Crippen LogP contribution in [0.3, 0.4) is 0 Å². The van der Waals surface area contributed by atoms with Crippen LogP contribution in [0.4, 0.5) is 5.69 Å². The molecule has 0 saturated carbocycles. The summed E-state index contributed by atoms with van der Waals surface area (Å²) in [7, 11) is 3.58. The number of piperazine rings is 1. The van der Waals surface area contributed by atoms with E-state index < -0.39 is 0 Å². The Bertz CT molecular complexity index is 766. The maximum atomic E-state index is 12.5. The first-order valence-corrected chi connectivity index (χ1v) is 9.16. The van der Waals surface area contributed by atoms with Gasteiger partial charge in [0.2, 0.25) is 5.91 Å². The zero-order valence-electron chi connectivity index (χ0n) is 14.8. The molecule has 1 aliphatic heterocycles. The standard InChI is InChI=1S/C16H23N7OS/c1-4-14-20-12(11-25-14)7-18-16(17-2)22-5-6-23(15(24)10-22)13-8-19-21(3)9-13/h8-9,11H,4-7,10H2,1-3H3,(H,17,18). The lowest BCUT2D eigenvalue weighted by Gasteiger charge is -2.35. The number of rotatable bonds is 4. The van der Waals surface area contributed by atoms with Gasteiger partial charge in [0.25, 0.3) is 0 Å². The Kier molecular flexibility index (Phi) is 5.32. The minimum absolute atomic E-state index is 0.0455. The Balaban J connectivity index is 1.58. The van der Waals surface area contributed by atoms with Gasteiger partial charge in [0, 0.05) is 38.8 Å². The number of anilines is 1. The van der Waals surface area contributed by atoms with Crippen LogP contribution in [0.2, 0.25) is 0 Å². The molecule has 0 radical (unpaired) electrons. The fourth-order valence-electron chi connectivity index (χ4n) is 2.77. The van der Waals surface area contributed by atoms with Gasteiger partial charge in [-0.05, 0) is 6.42 Å². The van der Waals surface area contributed by atoms with Crippen LogP contribution in [0, 0.1) is 0 Å². The molecule has 9 heteroatoms. The summed E-state index contributed by atoms with van der Waals surface area (Å²) in [5.74, 6) is 0.773. The Hall–Kier alpha value is -2.42. The van der Waals surface area contributed by atoms with E-state index in [4.69, 9.17) is 0 Å². The van der Waals surface area contributed by atoms with E-state index in [1.807, 2.05) is 18.1 Å². The molecule has 134 valence electrons. The Morgan fingerprint density at radius 1 is 1.44 bits per heavy atom. The number of guanidine groups is 1. The molecule has 0 aromatic carbocycles. The molecule has 1 amide bonds. The van der Waals surface area contributed by atoms with Crippen molar-refractivity contribution < 1.29 is 4.79 Å². The number of nitrogens with zero attached hydrogens (tertiary/aromatic N) is 6. The van der Waals surface area contributed by atoms with Gasteiger partial charge in [-0.3, -0.25) is 14.5 Å². The van der Waals surface area contributed by atoms with Crippen LogP contribution in [0.1, 0.15) is 17.6 Å². The molecule has 1 aliphatic rings. The second-order valence-corrected chi connectivity index (χ2v) is 6.77. The molecule has 0 bridgehead atoms. The van der Waals surface area contributed by atoms with E-state index in [0.29, 0.717) is 19.6 Å². The molecule has 8 nitrogen and oxygen atoms in total. The average Bonchev–Trinajstić information content (AvgIpc) is 3.24. The highest BCUT2D eigenvalue weighted by Crippen LogP contribution is 2.16. The fraction of sp³-hybridized carbons (Fsp3) is 0.500. The van der Waals surface area contributed by atoms with Gasteiger partial charge in [-0.25, -0.2) is 4.98 Å². The summed E-state index contributed by atoms with van der Waals surface area (Å²) in [6.45, 7) is 4.34. The molecule has 2 aromatic heterocycles. The lowest BCUT2D eigenvalue weighted by atomic mass is 10.3. The van der Waals surface area contributed by atoms with Crippen LogP contribution in [0.15, 0.2) is 22.8 Å². The van der Waals surface area contributed by atoms with E-state index in [1.54, 1.807) is 34.2 Å². The van der Waals surface area contributed by atoms with Gasteiger partial charge in [0.1, 0.15) is 6.54 Å². The van der Waals surface area contributed by atoms with Crippen molar-refractivity contribution >= 4 is 28.9 Å². The topological polar surface area (TPSA) is 78.7 Å². The monoisotopic (exact) mass is 361 g/mol. The van der Waals surface area contributed by atoms with Crippen molar-refractivity contribution in [2.75, 3.05) is 31.6 Å². The zero-order chi connectivity index (χ0) is 17.8. The highest BCUT2D eigenvalue weighted by molar-refractivity contribution is 7.09. The van der Waals surface area contributed by atoms with E-state index in [0.717, 1.165) is 35.3 Å². The first kappa shape index (κ1) is 17.4. The second-order valence-electron chi connectivity index (χ2n) is 5.83. The number of aromatic nitrogens is 3. The minimum atomic E-state index is 0.0455. The number of hydrogen-bond donors (Lipinski definition) is 1. The lowest BCUT2D eigenvalue weighted by Crippen LogP contribution is -2.55. The number of aryl methyl sites for hydroxylation is 2. The fourth-order valence-corrected chi connectivity index (χ4v) is 3.51. The number of carbonyl (C=O) groups is 1. The van der Waals surface area contributed by atoms with Crippen LogP contribution < -0.4 is 10.2 Å². The third-order valence-electron chi connectivity index (χ3n) is 4.06. The van der Waals surface area contributed by atoms with Crippen molar-refractivity contribution in [3.8, 4) is 0 Å². The summed E-state index contributed by atoms with van der Waals surface area (Å²) < 4.78 is 1.70. The quantitative estimate of drug-likeness (QED) is 0.646. The van der Waals surface area contributed by atoms with E-state index in [2.05, 4.69) is 32.7 Å². The summed E-state index contributed by atoms with van der Waals surface area (Å²) >= 11 is 1.67. The molecule has 1 N–H and O–H groups in total. The Morgan fingerprint density at radius 2 is 2.28 bits per heavy atom. The smallest absolute Gasteiger partial charge is 0.246 e. The van der Waals surface area contributed by atoms with Crippen molar-refractivity contribution in [3.05, 3.63) is 28.5 Å². The molecule has 25 heavy (non-hydrogen) atoms. The minimum Gasteiger partial charge on any atom is -0.351 e. The van der Waals surface area contributed by atoms with Crippen molar-refractivity contribution in [1.82, 2.24) is 25.0 Å². The molecule has 0 atom stereocenters. The highest BCUT2D eigenvalue weighted by atomic mass is 32.1. The molecule has 0 aliphatic carbocycles. The molecule has 2 aromatic rings. The number of aliphatic imine (C=N–C) groups is 1. The third kappa shape index (κ3) is 3.98. The van der Waals surface area contributed by atoms with Crippen LogP contribution in [-0.4, -0.2) is 58.2 Å². The molecule has 1 fully saturated rings. The van der Waals surface area contributed by atoms with E-state index in [1.165, 1.54) is 0 Å². The van der Waals surface area contributed by atoms with Gasteiger partial charge >= 0.3 is 0 Å². The van der Waals surface area contributed by atoms with E-state index in [9.17, 15) is 4.79 Å². The summed E-state index contributed by atoms with van der Waals surface area (Å²) in [4.78, 5) is 25.1. The van der Waals surface area contributed by atoms with Gasteiger partial charge in [-0.15, -0.1) is 11.3 Å². The largest absolute Gasteiger partial charge is 0.351 e. The van der Waals surface area contributed by atoms with Crippen LogP contribution in [0.25, 0.3) is 0 Å². The van der Waals surface area contributed by atoms with Gasteiger partial charge in [0.05, 0.1) is 29.1 Å². The Labute approximate surface area is 151 Å². The Morgan fingerprint density at radius 3 is 2.88 bits per heavy atom. The summed E-state index contributed by atoms with van der Waals surface area (Å²) in [5, 5.41) is 10.6. The summed E-state index contributed by atoms with van der Waals surface area (Å²) in [6.07, 6.45) is 4.52. The van der Waals surface area contributed by atoms with Crippen LogP contribution >= 0.6 is 11.3 Å². The summed E-state index contributed by atoms with van der Waals surface area (Å²) in [5.41, 5.74) is 1.84. The second kappa shape index (κ2) is 7.64. The first-order chi connectivity index (χ1) is 12.1. The first-order valence-electron chi connectivity index (χ1n) is 8.28. The molecular formula is C16H23N7OS. The average molecular weight is 361 g/mol. The molecule has 1 saturated heterocycles. The normalized spacial score (nSPS) is 15.8. The van der Waals surface area contributed by atoms with Crippen molar-refractivity contribution in [3.63, 3.8) is 0 Å². The van der Waals surface area contributed by atoms with E-state index in [-0.39, 0.29) is 5.91 Å². The van der Waals surface area contributed by atoms with Crippen LogP contribution in [-0.2, 0) is 24.8 Å². The summed E-state index contributed by atoms with van der Waals surface area (Å²) in [6, 6.07) is 0. The molecular weight excluding hydrogens is 338 g/mol. The van der Waals surface area contributed by atoms with Gasteiger partial charge < -0.3 is 15.1 Å². The molecule has 3 heterocycles. The predicted octanol–water partition coefficient (Wildman–Crippen LogP) is 0.863. The number of thiazole rings is 1. The SMILES string of the molecule is CCc1nc(CNC(=NC)N2CCN(c3cnn(C)c3)C(=O)C2)cs1. The zero-order valence-corrected chi connectivity index (χ0v) is 15.6. The number of hydrogen-bond acceptors (Lipinski definition) is 5. The predicted molar refractivity (Wildman–Crippen MR) is 98.8 cm³/mol. The molecule has 0 unspecified atom stereocenters. The van der Waals surface area contributed by atoms with Crippen molar-refractivity contribution in [1.29, 1.82) is 0 Å². The van der Waals surface area contributed by atoms with Crippen LogP contribution in [0.5, 0.6) is 0 Å². The van der Waals surface area contributed by atoms with E-state index >= 15 is 0 Å².